The second-order valence-electron chi connectivity index (χ2n) is 4.19. The van der Waals surface area contributed by atoms with Crippen molar-refractivity contribution >= 4 is 0 Å². The number of nitrogens with one attached hydrogen (secondary N) is 1. The van der Waals surface area contributed by atoms with Crippen molar-refractivity contribution in [1.29, 1.82) is 5.26 Å². The van der Waals surface area contributed by atoms with Crippen LogP contribution in [0.25, 0.3) is 0 Å². The quantitative estimate of drug-likeness (QED) is 0.668. The maximum Gasteiger partial charge on any atom is 0.0975 e. The van der Waals surface area contributed by atoms with Gasteiger partial charge in [-0.25, -0.2) is 0 Å². The molecule has 1 unspecified atom stereocenters. The first kappa shape index (κ1) is 8.98. The smallest absolute Gasteiger partial charge is 0.0975 e. The topological polar surface area (TPSA) is 39.1 Å². The Bertz CT molecular complexity index is 209. The Kier molecular flexibility index (Phi) is 2.52. The van der Waals surface area contributed by atoms with Crippen LogP contribution in [0.5, 0.6) is 0 Å². The molecule has 72 valence electrons. The molecule has 3 atom stereocenters. The summed E-state index contributed by atoms with van der Waals surface area (Å²) in [6.07, 6.45) is 0.962. The molecule has 0 radical (unpaired) electrons. The summed E-state index contributed by atoms with van der Waals surface area (Å²) < 4.78 is 0. The van der Waals surface area contributed by atoms with Crippen LogP contribution >= 0.6 is 0 Å². The van der Waals surface area contributed by atoms with Crippen LogP contribution in [0.1, 0.15) is 13.3 Å². The molecule has 0 aromatic carbocycles. The van der Waals surface area contributed by atoms with Crippen LogP contribution in [0.15, 0.2) is 0 Å². The lowest BCUT2D eigenvalue weighted by atomic mass is 10.0. The standard InChI is InChI=1S/C10H17N3/c1-2-10(3-11)13-6-8-4-12-5-9(8)7-13/h8-10,12H,2,4-7H2,1H3/t8-,9+,10?. The van der Waals surface area contributed by atoms with Crippen molar-refractivity contribution < 1.29 is 0 Å². The maximum atomic E-state index is 8.94. The molecule has 1 N–H and O–H groups in total. The highest BCUT2D eigenvalue weighted by Crippen LogP contribution is 2.28. The van der Waals surface area contributed by atoms with E-state index in [9.17, 15) is 0 Å². The third-order valence-electron chi connectivity index (χ3n) is 3.39. The van der Waals surface area contributed by atoms with Gasteiger partial charge in [0, 0.05) is 13.1 Å². The first-order valence-corrected chi connectivity index (χ1v) is 5.19. The molecule has 0 amide bonds. The van der Waals surface area contributed by atoms with Gasteiger partial charge in [0.25, 0.3) is 0 Å². The van der Waals surface area contributed by atoms with Crippen molar-refractivity contribution in [3.63, 3.8) is 0 Å². The number of hydrogen-bond donors (Lipinski definition) is 1. The lowest BCUT2D eigenvalue weighted by Crippen LogP contribution is -2.34. The molecular weight excluding hydrogens is 162 g/mol. The Morgan fingerprint density at radius 2 is 2.08 bits per heavy atom. The molecule has 0 saturated carbocycles. The van der Waals surface area contributed by atoms with E-state index < -0.39 is 0 Å². The van der Waals surface area contributed by atoms with E-state index in [0.29, 0.717) is 0 Å². The van der Waals surface area contributed by atoms with E-state index in [1.165, 1.54) is 0 Å². The molecule has 0 aromatic rings. The minimum atomic E-state index is 0.158. The third-order valence-corrected chi connectivity index (χ3v) is 3.39. The Morgan fingerprint density at radius 1 is 1.46 bits per heavy atom. The Balaban J connectivity index is 1.95. The summed E-state index contributed by atoms with van der Waals surface area (Å²) in [6.45, 7) is 6.67. The summed E-state index contributed by atoms with van der Waals surface area (Å²) in [5.41, 5.74) is 0. The number of rotatable bonds is 2. The second kappa shape index (κ2) is 3.65. The average molecular weight is 179 g/mol. The van der Waals surface area contributed by atoms with Gasteiger partial charge >= 0.3 is 0 Å². The maximum absolute atomic E-state index is 8.94. The minimum absolute atomic E-state index is 0.158. The molecule has 0 aromatic heterocycles. The Hall–Kier alpha value is -0.590. The predicted molar refractivity (Wildman–Crippen MR) is 51.1 cm³/mol. The van der Waals surface area contributed by atoms with Crippen molar-refractivity contribution in [3.05, 3.63) is 0 Å². The fourth-order valence-electron chi connectivity index (χ4n) is 2.58. The number of nitrogens with zero attached hydrogens (tertiary/aromatic N) is 2. The van der Waals surface area contributed by atoms with Crippen LogP contribution < -0.4 is 5.32 Å². The van der Waals surface area contributed by atoms with Crippen molar-refractivity contribution in [3.8, 4) is 6.07 Å². The molecule has 2 aliphatic rings. The first-order valence-electron chi connectivity index (χ1n) is 5.19. The molecule has 3 heteroatoms. The molecule has 2 heterocycles. The van der Waals surface area contributed by atoms with Crippen molar-refractivity contribution in [2.24, 2.45) is 11.8 Å². The van der Waals surface area contributed by atoms with Crippen molar-refractivity contribution in [1.82, 2.24) is 10.2 Å². The van der Waals surface area contributed by atoms with E-state index in [1.54, 1.807) is 0 Å². The van der Waals surface area contributed by atoms with Gasteiger partial charge in [-0.3, -0.25) is 4.90 Å². The number of nitriles is 1. The highest BCUT2D eigenvalue weighted by Gasteiger charge is 2.38. The lowest BCUT2D eigenvalue weighted by molar-refractivity contribution is 0.263. The summed E-state index contributed by atoms with van der Waals surface area (Å²) in [5.74, 6) is 1.62. The van der Waals surface area contributed by atoms with Gasteiger partial charge in [-0.1, -0.05) is 6.92 Å². The second-order valence-corrected chi connectivity index (χ2v) is 4.19. The van der Waals surface area contributed by atoms with Crippen LogP contribution in [0.3, 0.4) is 0 Å². The van der Waals surface area contributed by atoms with Gasteiger partial charge in [0.1, 0.15) is 0 Å². The highest BCUT2D eigenvalue weighted by atomic mass is 15.2. The minimum Gasteiger partial charge on any atom is -0.316 e. The SMILES string of the molecule is CCC(C#N)N1C[C@H]2CNC[C@H]2C1. The summed E-state index contributed by atoms with van der Waals surface area (Å²) in [7, 11) is 0. The molecule has 2 fully saturated rings. The molecule has 2 saturated heterocycles. The van der Waals surface area contributed by atoms with Crippen molar-refractivity contribution in [2.75, 3.05) is 26.2 Å². The molecule has 13 heavy (non-hydrogen) atoms. The van der Waals surface area contributed by atoms with Gasteiger partial charge in [-0.15, -0.1) is 0 Å². The molecule has 0 spiro atoms. The highest BCUT2D eigenvalue weighted by molar-refractivity contribution is 4.99. The van der Waals surface area contributed by atoms with E-state index in [-0.39, 0.29) is 6.04 Å². The van der Waals surface area contributed by atoms with Crippen LogP contribution in [0.2, 0.25) is 0 Å². The molecular formula is C10H17N3. The third kappa shape index (κ3) is 1.56. The zero-order chi connectivity index (χ0) is 9.26. The van der Waals surface area contributed by atoms with E-state index >= 15 is 0 Å². The molecule has 2 rings (SSSR count). The first-order chi connectivity index (χ1) is 6.35. The van der Waals surface area contributed by atoms with E-state index in [2.05, 4.69) is 23.2 Å². The van der Waals surface area contributed by atoms with Gasteiger partial charge in [0.2, 0.25) is 0 Å². The van der Waals surface area contributed by atoms with Crippen LogP contribution in [0, 0.1) is 23.2 Å². The summed E-state index contributed by atoms with van der Waals surface area (Å²) in [6, 6.07) is 2.55. The van der Waals surface area contributed by atoms with E-state index in [1.807, 2.05) is 0 Å². The van der Waals surface area contributed by atoms with Crippen LogP contribution in [-0.2, 0) is 0 Å². The van der Waals surface area contributed by atoms with Gasteiger partial charge in [-0.2, -0.15) is 5.26 Å². The fraction of sp³-hybridized carbons (Fsp3) is 0.900. The molecule has 2 aliphatic heterocycles. The number of hydrogen-bond acceptors (Lipinski definition) is 3. The Labute approximate surface area is 79.7 Å². The zero-order valence-electron chi connectivity index (χ0n) is 8.16. The summed E-state index contributed by atoms with van der Waals surface area (Å²) in [5, 5.41) is 12.4. The van der Waals surface area contributed by atoms with Crippen LogP contribution in [0.4, 0.5) is 0 Å². The van der Waals surface area contributed by atoms with Gasteiger partial charge < -0.3 is 5.32 Å². The zero-order valence-corrected chi connectivity index (χ0v) is 8.16. The van der Waals surface area contributed by atoms with Crippen LogP contribution in [-0.4, -0.2) is 37.1 Å². The fourth-order valence-corrected chi connectivity index (χ4v) is 2.58. The van der Waals surface area contributed by atoms with Gasteiger partial charge in [-0.05, 0) is 31.3 Å². The molecule has 3 nitrogen and oxygen atoms in total. The summed E-state index contributed by atoms with van der Waals surface area (Å²) >= 11 is 0. The number of fused-ring (bicyclic) bond motifs is 1. The monoisotopic (exact) mass is 179 g/mol. The number of likely N-dealkylation sites (tertiary alicyclic amines) is 1. The molecule has 0 aliphatic carbocycles. The summed E-state index contributed by atoms with van der Waals surface area (Å²) in [4.78, 5) is 2.36. The Morgan fingerprint density at radius 3 is 2.54 bits per heavy atom. The van der Waals surface area contributed by atoms with Gasteiger partial charge in [0.05, 0.1) is 12.1 Å². The largest absolute Gasteiger partial charge is 0.316 e. The van der Waals surface area contributed by atoms with E-state index in [0.717, 1.165) is 44.4 Å². The van der Waals surface area contributed by atoms with E-state index in [4.69, 9.17) is 5.26 Å². The van der Waals surface area contributed by atoms with Gasteiger partial charge in [0.15, 0.2) is 0 Å². The van der Waals surface area contributed by atoms with Crippen molar-refractivity contribution in [2.45, 2.75) is 19.4 Å². The lowest BCUT2D eigenvalue weighted by Gasteiger charge is -2.21. The average Bonchev–Trinajstić information content (AvgIpc) is 2.65. The molecule has 0 bridgehead atoms. The normalized spacial score (nSPS) is 35.7. The predicted octanol–water partition coefficient (Wildman–Crippen LogP) is 0.440.